The molecule has 1 radical (unpaired) electrons. The van der Waals surface area contributed by atoms with Crippen molar-refractivity contribution in [1.82, 2.24) is 15.0 Å². The van der Waals surface area contributed by atoms with Gasteiger partial charge in [0.25, 0.3) is 0 Å². The largest absolute Gasteiger partial charge is 0.486 e. The predicted octanol–water partition coefficient (Wildman–Crippen LogP) is 11.2. The molecule has 0 N–H and O–H groups in total. The Morgan fingerprint density at radius 2 is 1.38 bits per heavy atom. The summed E-state index contributed by atoms with van der Waals surface area (Å²) >= 11 is 0. The third-order valence-corrected chi connectivity index (χ3v) is 8.79. The molecule has 0 aliphatic carbocycles. The molecule has 4 aromatic heterocycles. The first-order valence-corrected chi connectivity index (χ1v) is 16.6. The molecule has 8 rings (SSSR count). The van der Waals surface area contributed by atoms with Gasteiger partial charge in [-0.25, -0.2) is 4.98 Å². The maximum absolute atomic E-state index is 6.37. The van der Waals surface area contributed by atoms with E-state index >= 15 is 0 Å². The molecule has 8 aromatic rings. The monoisotopic (exact) mass is 828 g/mol. The Morgan fingerprint density at radius 1 is 0.620 bits per heavy atom. The van der Waals surface area contributed by atoms with Crippen molar-refractivity contribution in [2.24, 2.45) is 0 Å². The second-order valence-electron chi connectivity index (χ2n) is 12.7. The number of rotatable bonds is 5. The first-order valence-electron chi connectivity index (χ1n) is 16.6. The minimum absolute atomic E-state index is 0. The average Bonchev–Trinajstić information content (AvgIpc) is 3.48. The quantitative estimate of drug-likeness (QED) is 0.162. The fraction of sp³-hybridized carbons (Fsp3) is 0.133. The van der Waals surface area contributed by atoms with E-state index in [9.17, 15) is 0 Å². The third kappa shape index (κ3) is 7.35. The van der Waals surface area contributed by atoms with Crippen LogP contribution in [0, 0.1) is 46.8 Å². The number of nitrogens with zero attached hydrogens (tertiary/aromatic N) is 3. The average molecular weight is 828 g/mol. The van der Waals surface area contributed by atoms with Crippen LogP contribution in [0.4, 0.5) is 0 Å². The number of pyridine rings is 3. The Kier molecular flexibility index (Phi) is 10.5. The Morgan fingerprint density at radius 3 is 2.10 bits per heavy atom. The Bertz CT molecular complexity index is 2380. The van der Waals surface area contributed by atoms with E-state index in [0.29, 0.717) is 5.71 Å². The van der Waals surface area contributed by atoms with Gasteiger partial charge in [-0.3, -0.25) is 0 Å². The molecule has 0 amide bonds. The maximum Gasteiger partial charge on any atom is 0.216 e. The van der Waals surface area contributed by atoms with Gasteiger partial charge in [0.15, 0.2) is 0 Å². The van der Waals surface area contributed by atoms with Crippen LogP contribution in [-0.2, 0) is 26.5 Å². The number of aryl methyl sites for hydroxylation is 5. The van der Waals surface area contributed by atoms with Crippen LogP contribution in [0.15, 0.2) is 126 Å². The van der Waals surface area contributed by atoms with Crippen molar-refractivity contribution in [2.75, 3.05) is 0 Å². The summed E-state index contributed by atoms with van der Waals surface area (Å²) in [6, 6.07) is 43.7. The maximum atomic E-state index is 6.37. The summed E-state index contributed by atoms with van der Waals surface area (Å²) in [7, 11) is 0. The molecule has 50 heavy (non-hydrogen) atoms. The SMILES string of the molecule is Cc1cc(C)c(-c2cc(-c3[c-]ccc4c3oc3nc(Cc5ccccc5)ccc34)ncc2C)c(C)c1.Cc1ccc(-c2[c-]cccc2)nc1.[Ir]. The van der Waals surface area contributed by atoms with E-state index in [1.54, 1.807) is 0 Å². The molecule has 0 atom stereocenters. The third-order valence-electron chi connectivity index (χ3n) is 8.79. The Labute approximate surface area is 307 Å². The van der Waals surface area contributed by atoms with E-state index in [0.717, 1.165) is 56.5 Å². The number of benzene rings is 4. The smallest absolute Gasteiger partial charge is 0.216 e. The first-order chi connectivity index (χ1) is 23.8. The fourth-order valence-electron chi connectivity index (χ4n) is 6.47. The molecule has 0 fully saturated rings. The summed E-state index contributed by atoms with van der Waals surface area (Å²) in [6.07, 6.45) is 4.59. The van der Waals surface area contributed by atoms with Crippen molar-refractivity contribution in [3.8, 4) is 33.6 Å². The summed E-state index contributed by atoms with van der Waals surface area (Å²) in [5.74, 6) is 0. The Balaban J connectivity index is 0.000000260. The zero-order chi connectivity index (χ0) is 33.9. The molecule has 0 saturated carbocycles. The number of aromatic nitrogens is 3. The van der Waals surface area contributed by atoms with E-state index in [1.165, 1.54) is 38.9 Å². The predicted molar refractivity (Wildman–Crippen MR) is 200 cm³/mol. The topological polar surface area (TPSA) is 51.8 Å². The van der Waals surface area contributed by atoms with Crippen LogP contribution in [0.25, 0.3) is 55.7 Å². The Hall–Kier alpha value is -5.22. The van der Waals surface area contributed by atoms with Gasteiger partial charge in [0.2, 0.25) is 5.71 Å². The zero-order valence-corrected chi connectivity index (χ0v) is 31.2. The second kappa shape index (κ2) is 15.1. The number of hydrogen-bond acceptors (Lipinski definition) is 4. The van der Waals surface area contributed by atoms with Crippen LogP contribution in [0.2, 0.25) is 0 Å². The van der Waals surface area contributed by atoms with Gasteiger partial charge in [0, 0.05) is 50.0 Å². The van der Waals surface area contributed by atoms with Crippen LogP contribution in [-0.4, -0.2) is 15.0 Å². The van der Waals surface area contributed by atoms with Gasteiger partial charge in [-0.2, -0.15) is 0 Å². The minimum atomic E-state index is 0. The van der Waals surface area contributed by atoms with Crippen LogP contribution in [0.1, 0.15) is 39.1 Å². The molecule has 4 nitrogen and oxygen atoms in total. The summed E-state index contributed by atoms with van der Waals surface area (Å²) < 4.78 is 6.37. The summed E-state index contributed by atoms with van der Waals surface area (Å²) in [4.78, 5) is 14.0. The fourth-order valence-corrected chi connectivity index (χ4v) is 6.47. The molecule has 0 aliphatic rings. The zero-order valence-electron chi connectivity index (χ0n) is 28.8. The van der Waals surface area contributed by atoms with Crippen LogP contribution >= 0.6 is 0 Å². The minimum Gasteiger partial charge on any atom is -0.486 e. The summed E-state index contributed by atoms with van der Waals surface area (Å²) in [6.45, 7) is 10.7. The van der Waals surface area contributed by atoms with Crippen molar-refractivity contribution in [3.63, 3.8) is 0 Å². The molecule has 4 heterocycles. The van der Waals surface area contributed by atoms with E-state index in [4.69, 9.17) is 14.4 Å². The van der Waals surface area contributed by atoms with E-state index in [1.807, 2.05) is 67.8 Å². The van der Waals surface area contributed by atoms with E-state index in [-0.39, 0.29) is 20.1 Å². The van der Waals surface area contributed by atoms with E-state index < -0.39 is 0 Å². The molecule has 0 spiro atoms. The number of fused-ring (bicyclic) bond motifs is 3. The van der Waals surface area contributed by atoms with Gasteiger partial charge < -0.3 is 14.4 Å². The normalized spacial score (nSPS) is 10.8. The van der Waals surface area contributed by atoms with Crippen molar-refractivity contribution in [3.05, 3.63) is 173 Å². The molecule has 249 valence electrons. The molecule has 5 heteroatoms. The molecule has 0 aliphatic heterocycles. The van der Waals surface area contributed by atoms with Crippen LogP contribution < -0.4 is 0 Å². The van der Waals surface area contributed by atoms with Crippen molar-refractivity contribution < 1.29 is 24.5 Å². The van der Waals surface area contributed by atoms with Crippen LogP contribution in [0.5, 0.6) is 0 Å². The van der Waals surface area contributed by atoms with Crippen molar-refractivity contribution in [1.29, 1.82) is 0 Å². The van der Waals surface area contributed by atoms with Crippen LogP contribution in [0.3, 0.4) is 0 Å². The van der Waals surface area contributed by atoms with Gasteiger partial charge in [0.05, 0.1) is 5.58 Å². The molecule has 0 unspecified atom stereocenters. The standard InChI is InChI=1S/C33H27N2O.C12H10N.Ir/c1-20-15-21(2)31(22(3)16-20)29-18-30(34-19-23(29)4)28-12-8-11-26-27-14-13-25(35-33(27)36-32(26)28)17-24-9-6-5-7-10-24;1-10-7-8-12(13-9-10)11-5-3-2-4-6-11;/h5-11,13-16,18-19H,17H2,1-4H3;2-5,7-9H,1H3;/q2*-1;. The molecular weight excluding hydrogens is 791 g/mol. The molecule has 4 aromatic carbocycles. The molecule has 0 bridgehead atoms. The van der Waals surface area contributed by atoms with Crippen molar-refractivity contribution in [2.45, 2.75) is 41.0 Å². The van der Waals surface area contributed by atoms with Gasteiger partial charge in [-0.1, -0.05) is 77.2 Å². The van der Waals surface area contributed by atoms with Crippen molar-refractivity contribution >= 4 is 22.1 Å². The second-order valence-corrected chi connectivity index (χ2v) is 12.7. The van der Waals surface area contributed by atoms with E-state index in [2.05, 4.69) is 105 Å². The molecular formula is C45H37IrN3O-2. The first kappa shape index (κ1) is 34.6. The number of hydrogen-bond donors (Lipinski definition) is 0. The van der Waals surface area contributed by atoms with Gasteiger partial charge in [0.1, 0.15) is 0 Å². The summed E-state index contributed by atoms with van der Waals surface area (Å²) in [5, 5.41) is 2.04. The molecule has 0 saturated heterocycles. The van der Waals surface area contributed by atoms with Gasteiger partial charge in [-0.15, -0.1) is 54.1 Å². The van der Waals surface area contributed by atoms with Gasteiger partial charge >= 0.3 is 0 Å². The number of furan rings is 1. The van der Waals surface area contributed by atoms with Gasteiger partial charge in [-0.05, 0) is 97.1 Å². The summed E-state index contributed by atoms with van der Waals surface area (Å²) in [5.41, 5.74) is 16.0.